The summed E-state index contributed by atoms with van der Waals surface area (Å²) in [6.07, 6.45) is 4.17. The minimum atomic E-state index is -0.276. The minimum absolute atomic E-state index is 0.103. The van der Waals surface area contributed by atoms with E-state index in [0.717, 1.165) is 35.6 Å². The molecule has 29 heavy (non-hydrogen) atoms. The molecule has 5 rings (SSSR count). The fourth-order valence-corrected chi connectivity index (χ4v) is 4.56. The van der Waals surface area contributed by atoms with Gasteiger partial charge >= 0.3 is 0 Å². The van der Waals surface area contributed by atoms with Crippen molar-refractivity contribution < 1.29 is 9.47 Å². The molecule has 2 atom stereocenters. The molecule has 2 aromatic carbocycles. The highest BCUT2D eigenvalue weighted by Crippen LogP contribution is 2.47. The van der Waals surface area contributed by atoms with E-state index in [2.05, 4.69) is 65.2 Å². The van der Waals surface area contributed by atoms with Crippen LogP contribution in [0.25, 0.3) is 5.70 Å². The zero-order valence-corrected chi connectivity index (χ0v) is 17.2. The fourth-order valence-electron chi connectivity index (χ4n) is 3.86. The van der Waals surface area contributed by atoms with E-state index in [4.69, 9.17) is 9.47 Å². The van der Waals surface area contributed by atoms with Gasteiger partial charge in [-0.3, -0.25) is 0 Å². The van der Waals surface area contributed by atoms with Crippen LogP contribution in [-0.2, 0) is 0 Å². The molecule has 0 fully saturated rings. The third kappa shape index (κ3) is 3.41. The summed E-state index contributed by atoms with van der Waals surface area (Å²) in [7, 11) is 0. The van der Waals surface area contributed by atoms with Gasteiger partial charge in [-0.1, -0.05) is 55.8 Å². The number of hydrogen-bond acceptors (Lipinski definition) is 5. The maximum atomic E-state index is 6.50. The first-order valence-electron chi connectivity index (χ1n) is 10.1. The standard InChI is InChI=1S/C24H24N2O2S/c1-2-3-14-27-21-11-6-5-10-18(21)24-26-20(17-9-4-7-12-22(17)28-24)16-19(25-26)23-13-8-15-29-23/h4-13,15-16,20,24-25H,2-3,14H2,1H3. The van der Waals surface area contributed by atoms with E-state index < -0.39 is 0 Å². The van der Waals surface area contributed by atoms with E-state index in [9.17, 15) is 0 Å². The SMILES string of the molecule is CCCCOc1ccccc1C1Oc2ccccc2C2C=C(c3cccs3)NN21. The molecule has 1 N–H and O–H groups in total. The van der Waals surface area contributed by atoms with Crippen LogP contribution in [0, 0.1) is 0 Å². The number of rotatable bonds is 6. The second kappa shape index (κ2) is 7.93. The van der Waals surface area contributed by atoms with Crippen molar-refractivity contribution in [3.05, 3.63) is 88.1 Å². The minimum Gasteiger partial charge on any atom is -0.493 e. The third-order valence-electron chi connectivity index (χ3n) is 5.33. The number of ether oxygens (including phenoxy) is 2. The fraction of sp³-hybridized carbons (Fsp3) is 0.250. The molecule has 3 aromatic rings. The average Bonchev–Trinajstić information content (AvgIpc) is 3.44. The Morgan fingerprint density at radius 2 is 1.86 bits per heavy atom. The molecule has 0 spiro atoms. The van der Waals surface area contributed by atoms with Gasteiger partial charge in [0.05, 0.1) is 28.8 Å². The van der Waals surface area contributed by atoms with Crippen molar-refractivity contribution in [1.82, 2.24) is 10.4 Å². The van der Waals surface area contributed by atoms with Gasteiger partial charge in [0, 0.05) is 5.56 Å². The number of fused-ring (bicyclic) bond motifs is 3. The molecule has 5 heteroatoms. The zero-order valence-electron chi connectivity index (χ0n) is 16.4. The van der Waals surface area contributed by atoms with E-state index in [1.165, 1.54) is 10.4 Å². The van der Waals surface area contributed by atoms with Gasteiger partial charge in [-0.25, -0.2) is 0 Å². The molecule has 148 valence electrons. The van der Waals surface area contributed by atoms with Crippen molar-refractivity contribution in [3.8, 4) is 11.5 Å². The Hall–Kier alpha value is -2.76. The van der Waals surface area contributed by atoms with E-state index in [1.807, 2.05) is 24.3 Å². The Labute approximate surface area is 175 Å². The van der Waals surface area contributed by atoms with Crippen LogP contribution in [0.3, 0.4) is 0 Å². The predicted octanol–water partition coefficient (Wildman–Crippen LogP) is 5.92. The highest BCUT2D eigenvalue weighted by molar-refractivity contribution is 7.11. The van der Waals surface area contributed by atoms with Crippen molar-refractivity contribution in [2.45, 2.75) is 32.0 Å². The second-order valence-electron chi connectivity index (χ2n) is 7.27. The van der Waals surface area contributed by atoms with Crippen molar-refractivity contribution in [2.24, 2.45) is 0 Å². The maximum absolute atomic E-state index is 6.50. The van der Waals surface area contributed by atoms with Gasteiger partial charge in [-0.2, -0.15) is 5.01 Å². The smallest absolute Gasteiger partial charge is 0.199 e. The van der Waals surface area contributed by atoms with Gasteiger partial charge in [0.25, 0.3) is 0 Å². The van der Waals surface area contributed by atoms with Crippen LogP contribution in [0.1, 0.15) is 48.0 Å². The number of para-hydroxylation sites is 2. The molecule has 4 nitrogen and oxygen atoms in total. The van der Waals surface area contributed by atoms with E-state index in [1.54, 1.807) is 11.3 Å². The molecule has 3 heterocycles. The lowest BCUT2D eigenvalue weighted by Gasteiger charge is -2.39. The van der Waals surface area contributed by atoms with Crippen molar-refractivity contribution in [2.75, 3.05) is 6.61 Å². The predicted molar refractivity (Wildman–Crippen MR) is 117 cm³/mol. The van der Waals surface area contributed by atoms with Crippen molar-refractivity contribution in [1.29, 1.82) is 0 Å². The molecule has 2 aliphatic heterocycles. The highest BCUT2D eigenvalue weighted by Gasteiger charge is 2.41. The summed E-state index contributed by atoms with van der Waals surface area (Å²) in [5, 5.41) is 4.30. The largest absolute Gasteiger partial charge is 0.493 e. The number of nitrogens with zero attached hydrogens (tertiary/aromatic N) is 1. The first-order chi connectivity index (χ1) is 14.3. The van der Waals surface area contributed by atoms with Crippen molar-refractivity contribution in [3.63, 3.8) is 0 Å². The lowest BCUT2D eigenvalue weighted by Crippen LogP contribution is -2.43. The van der Waals surface area contributed by atoms with Crippen LogP contribution in [0.15, 0.2) is 72.1 Å². The zero-order chi connectivity index (χ0) is 19.6. The normalized spacial score (nSPS) is 20.2. The van der Waals surface area contributed by atoms with Gasteiger partial charge < -0.3 is 14.9 Å². The number of hydrazine groups is 1. The van der Waals surface area contributed by atoms with E-state index in [-0.39, 0.29) is 12.3 Å². The first-order valence-corrected chi connectivity index (χ1v) is 11.0. The molecule has 2 unspecified atom stereocenters. The lowest BCUT2D eigenvalue weighted by molar-refractivity contribution is -0.0341. The summed E-state index contributed by atoms with van der Waals surface area (Å²) in [6, 6.07) is 20.8. The summed E-state index contributed by atoms with van der Waals surface area (Å²) in [5.41, 5.74) is 6.94. The molecule has 1 aromatic heterocycles. The summed E-state index contributed by atoms with van der Waals surface area (Å²) < 4.78 is 12.6. The second-order valence-corrected chi connectivity index (χ2v) is 8.22. The van der Waals surface area contributed by atoms with Gasteiger partial charge in [0.1, 0.15) is 11.5 Å². The molecular weight excluding hydrogens is 380 g/mol. The summed E-state index contributed by atoms with van der Waals surface area (Å²) in [5.74, 6) is 1.81. The van der Waals surface area contributed by atoms with Crippen LogP contribution in [0.5, 0.6) is 11.5 Å². The number of thiophene rings is 1. The summed E-state index contributed by atoms with van der Waals surface area (Å²) in [4.78, 5) is 1.23. The summed E-state index contributed by atoms with van der Waals surface area (Å²) >= 11 is 1.74. The topological polar surface area (TPSA) is 33.7 Å². The molecule has 0 aliphatic carbocycles. The molecule has 0 radical (unpaired) electrons. The number of hydrogen-bond donors (Lipinski definition) is 1. The van der Waals surface area contributed by atoms with Crippen LogP contribution in [-0.4, -0.2) is 11.6 Å². The molecule has 2 aliphatic rings. The van der Waals surface area contributed by atoms with Crippen LogP contribution in [0.4, 0.5) is 0 Å². The molecule has 0 amide bonds. The Balaban J connectivity index is 1.53. The average molecular weight is 405 g/mol. The van der Waals surface area contributed by atoms with E-state index in [0.29, 0.717) is 6.61 Å². The Morgan fingerprint density at radius 3 is 2.69 bits per heavy atom. The Bertz CT molecular complexity index is 1020. The first kappa shape index (κ1) is 18.3. The molecular formula is C24H24N2O2S. The highest BCUT2D eigenvalue weighted by atomic mass is 32.1. The van der Waals surface area contributed by atoms with E-state index >= 15 is 0 Å². The summed E-state index contributed by atoms with van der Waals surface area (Å²) in [6.45, 7) is 2.89. The number of nitrogens with one attached hydrogen (secondary N) is 1. The maximum Gasteiger partial charge on any atom is 0.199 e. The lowest BCUT2D eigenvalue weighted by atomic mass is 10.0. The molecule has 0 saturated heterocycles. The molecule has 0 saturated carbocycles. The van der Waals surface area contributed by atoms with Gasteiger partial charge in [-0.15, -0.1) is 11.3 Å². The van der Waals surface area contributed by atoms with Gasteiger partial charge in [0.15, 0.2) is 6.23 Å². The van der Waals surface area contributed by atoms with Gasteiger partial charge in [0.2, 0.25) is 0 Å². The van der Waals surface area contributed by atoms with Crippen LogP contribution in [0.2, 0.25) is 0 Å². The Kier molecular flexibility index (Phi) is 5.00. The number of benzene rings is 2. The number of unbranched alkanes of at least 4 members (excludes halogenated alkanes) is 1. The quantitative estimate of drug-likeness (QED) is 0.517. The van der Waals surface area contributed by atoms with Crippen LogP contribution < -0.4 is 14.9 Å². The Morgan fingerprint density at radius 1 is 1.03 bits per heavy atom. The van der Waals surface area contributed by atoms with Crippen molar-refractivity contribution >= 4 is 17.0 Å². The van der Waals surface area contributed by atoms with Gasteiger partial charge in [-0.05, 0) is 36.1 Å². The molecule has 0 bridgehead atoms. The third-order valence-corrected chi connectivity index (χ3v) is 6.23. The van der Waals surface area contributed by atoms with Crippen LogP contribution >= 0.6 is 11.3 Å². The monoisotopic (exact) mass is 404 g/mol.